The minimum atomic E-state index is -0.457. The molecule has 0 aliphatic carbocycles. The van der Waals surface area contributed by atoms with E-state index in [0.29, 0.717) is 12.4 Å². The second-order valence-corrected chi connectivity index (χ2v) is 3.58. The van der Waals surface area contributed by atoms with Gasteiger partial charge in [0, 0.05) is 5.75 Å². The number of esters is 1. The van der Waals surface area contributed by atoms with Gasteiger partial charge in [0.05, 0.1) is 6.61 Å². The fourth-order valence-corrected chi connectivity index (χ4v) is 1.52. The molecule has 0 heterocycles. The summed E-state index contributed by atoms with van der Waals surface area (Å²) in [4.78, 5) is 11.0. The van der Waals surface area contributed by atoms with Crippen LogP contribution in [0.15, 0.2) is 0 Å². The topological polar surface area (TPSA) is 52.3 Å². The molecule has 0 aromatic rings. The lowest BCUT2D eigenvalue weighted by atomic mass is 10.4. The Morgan fingerprint density at radius 2 is 2.25 bits per heavy atom. The zero-order chi connectivity index (χ0) is 9.40. The molecule has 0 spiro atoms. The molecule has 1 unspecified atom stereocenters. The van der Waals surface area contributed by atoms with Gasteiger partial charge in [0.2, 0.25) is 0 Å². The third kappa shape index (κ3) is 5.43. The van der Waals surface area contributed by atoms with Crippen molar-refractivity contribution in [2.75, 3.05) is 18.1 Å². The number of carbonyl (C=O) groups excluding carboxylic acids is 1. The molecule has 3 nitrogen and oxygen atoms in total. The van der Waals surface area contributed by atoms with Gasteiger partial charge in [0.15, 0.2) is 0 Å². The molecule has 0 radical (unpaired) electrons. The Balaban J connectivity index is 3.42. The first-order valence-corrected chi connectivity index (χ1v) is 5.37. The molecule has 4 heteroatoms. The molecule has 2 N–H and O–H groups in total. The normalized spacial score (nSPS) is 12.6. The fourth-order valence-electron chi connectivity index (χ4n) is 0.672. The Kier molecular flexibility index (Phi) is 7.29. The van der Waals surface area contributed by atoms with Gasteiger partial charge in [-0.25, -0.2) is 0 Å². The van der Waals surface area contributed by atoms with Crippen LogP contribution in [-0.4, -0.2) is 30.1 Å². The van der Waals surface area contributed by atoms with Crippen molar-refractivity contribution >= 4 is 17.7 Å². The lowest BCUT2D eigenvalue weighted by molar-refractivity contribution is -0.144. The van der Waals surface area contributed by atoms with E-state index in [4.69, 9.17) is 10.5 Å². The van der Waals surface area contributed by atoms with Crippen LogP contribution in [0, 0.1) is 0 Å². The molecule has 0 saturated heterocycles. The summed E-state index contributed by atoms with van der Waals surface area (Å²) in [6.45, 7) is 4.29. The minimum absolute atomic E-state index is 0.291. The Hall–Kier alpha value is -0.220. The largest absolute Gasteiger partial charge is 0.465 e. The Bertz CT molecular complexity index is 130. The highest BCUT2D eigenvalue weighted by Crippen LogP contribution is 2.04. The van der Waals surface area contributed by atoms with Gasteiger partial charge in [0.25, 0.3) is 0 Å². The molecule has 1 atom stereocenters. The first kappa shape index (κ1) is 11.8. The minimum Gasteiger partial charge on any atom is -0.465 e. The predicted molar refractivity (Wildman–Crippen MR) is 52.2 cm³/mol. The molecule has 0 aliphatic heterocycles. The van der Waals surface area contributed by atoms with Crippen molar-refractivity contribution in [3.63, 3.8) is 0 Å². The van der Waals surface area contributed by atoms with E-state index in [2.05, 4.69) is 6.92 Å². The van der Waals surface area contributed by atoms with Crippen LogP contribution >= 0.6 is 11.8 Å². The van der Waals surface area contributed by atoms with Crippen LogP contribution in [0.25, 0.3) is 0 Å². The SMILES string of the molecule is CCCSCC(N)C(=O)OCC. The number of hydrogen-bond acceptors (Lipinski definition) is 4. The summed E-state index contributed by atoms with van der Waals surface area (Å²) in [5, 5.41) is 0. The van der Waals surface area contributed by atoms with Crippen molar-refractivity contribution in [1.29, 1.82) is 0 Å². The lowest BCUT2D eigenvalue weighted by Crippen LogP contribution is -2.34. The maximum Gasteiger partial charge on any atom is 0.323 e. The zero-order valence-electron chi connectivity index (χ0n) is 7.71. The summed E-state index contributed by atoms with van der Waals surface area (Å²) in [6.07, 6.45) is 1.11. The Morgan fingerprint density at radius 1 is 1.58 bits per heavy atom. The van der Waals surface area contributed by atoms with Gasteiger partial charge in [0.1, 0.15) is 6.04 Å². The van der Waals surface area contributed by atoms with E-state index in [1.54, 1.807) is 18.7 Å². The maximum absolute atomic E-state index is 11.0. The van der Waals surface area contributed by atoms with E-state index < -0.39 is 6.04 Å². The van der Waals surface area contributed by atoms with Gasteiger partial charge in [-0.2, -0.15) is 11.8 Å². The van der Waals surface area contributed by atoms with Gasteiger partial charge in [-0.3, -0.25) is 4.79 Å². The third-order valence-corrected chi connectivity index (χ3v) is 2.53. The molecule has 0 aromatic heterocycles. The van der Waals surface area contributed by atoms with Crippen molar-refractivity contribution in [1.82, 2.24) is 0 Å². The van der Waals surface area contributed by atoms with Crippen molar-refractivity contribution < 1.29 is 9.53 Å². The van der Waals surface area contributed by atoms with Crippen LogP contribution in [0.1, 0.15) is 20.3 Å². The molecule has 0 bridgehead atoms. The number of rotatable bonds is 6. The van der Waals surface area contributed by atoms with E-state index in [0.717, 1.165) is 12.2 Å². The molecule has 0 saturated carbocycles. The Morgan fingerprint density at radius 3 is 2.75 bits per heavy atom. The average molecular weight is 191 g/mol. The van der Waals surface area contributed by atoms with E-state index in [1.165, 1.54) is 0 Å². The molecule has 72 valence electrons. The maximum atomic E-state index is 11.0. The highest BCUT2D eigenvalue weighted by Gasteiger charge is 2.13. The van der Waals surface area contributed by atoms with Gasteiger partial charge in [-0.15, -0.1) is 0 Å². The molecular formula is C8H17NO2S. The summed E-state index contributed by atoms with van der Waals surface area (Å²) < 4.78 is 4.76. The van der Waals surface area contributed by atoms with Crippen molar-refractivity contribution in [2.45, 2.75) is 26.3 Å². The second kappa shape index (κ2) is 7.43. The summed E-state index contributed by atoms with van der Waals surface area (Å²) in [6, 6.07) is -0.457. The van der Waals surface area contributed by atoms with Crippen LogP contribution < -0.4 is 5.73 Å². The molecule has 12 heavy (non-hydrogen) atoms. The predicted octanol–water partition coefficient (Wildman–Crippen LogP) is 1.02. The highest BCUT2D eigenvalue weighted by molar-refractivity contribution is 7.99. The van der Waals surface area contributed by atoms with E-state index in [-0.39, 0.29) is 5.97 Å². The standard InChI is InChI=1S/C8H17NO2S/c1-3-5-12-6-7(9)8(10)11-4-2/h7H,3-6,9H2,1-2H3. The molecule has 0 rings (SSSR count). The number of thioether (sulfide) groups is 1. The fraction of sp³-hybridized carbons (Fsp3) is 0.875. The van der Waals surface area contributed by atoms with Gasteiger partial charge in [-0.1, -0.05) is 6.92 Å². The zero-order valence-corrected chi connectivity index (χ0v) is 8.52. The monoisotopic (exact) mass is 191 g/mol. The highest BCUT2D eigenvalue weighted by atomic mass is 32.2. The van der Waals surface area contributed by atoms with Crippen molar-refractivity contribution in [2.24, 2.45) is 5.73 Å². The van der Waals surface area contributed by atoms with Crippen molar-refractivity contribution in [3.8, 4) is 0 Å². The van der Waals surface area contributed by atoms with E-state index in [9.17, 15) is 4.79 Å². The molecule has 0 aromatic carbocycles. The number of ether oxygens (including phenoxy) is 1. The molecule has 0 amide bonds. The average Bonchev–Trinajstić information content (AvgIpc) is 2.05. The van der Waals surface area contributed by atoms with Gasteiger partial charge in [-0.05, 0) is 19.1 Å². The molecule has 0 aliphatic rings. The molecule has 0 fully saturated rings. The summed E-state index contributed by atoms with van der Waals surface area (Å²) in [5.74, 6) is 1.42. The quantitative estimate of drug-likeness (QED) is 0.503. The van der Waals surface area contributed by atoms with Gasteiger partial charge >= 0.3 is 5.97 Å². The van der Waals surface area contributed by atoms with Crippen molar-refractivity contribution in [3.05, 3.63) is 0 Å². The third-order valence-electron chi connectivity index (χ3n) is 1.24. The summed E-state index contributed by atoms with van der Waals surface area (Å²) in [5.41, 5.74) is 5.55. The first-order chi connectivity index (χ1) is 5.72. The number of hydrogen-bond donors (Lipinski definition) is 1. The summed E-state index contributed by atoms with van der Waals surface area (Å²) >= 11 is 1.69. The van der Waals surface area contributed by atoms with E-state index in [1.807, 2.05) is 0 Å². The molecular weight excluding hydrogens is 174 g/mol. The second-order valence-electron chi connectivity index (χ2n) is 2.43. The van der Waals surface area contributed by atoms with E-state index >= 15 is 0 Å². The van der Waals surface area contributed by atoms with Crippen LogP contribution in [0.3, 0.4) is 0 Å². The first-order valence-electron chi connectivity index (χ1n) is 4.22. The van der Waals surface area contributed by atoms with Crippen LogP contribution in [-0.2, 0) is 9.53 Å². The number of carbonyl (C=O) groups is 1. The summed E-state index contributed by atoms with van der Waals surface area (Å²) in [7, 11) is 0. The number of nitrogens with two attached hydrogens (primary N) is 1. The Labute approximate surface area is 78.0 Å². The van der Waals surface area contributed by atoms with Crippen LogP contribution in [0.2, 0.25) is 0 Å². The smallest absolute Gasteiger partial charge is 0.323 e. The lowest BCUT2D eigenvalue weighted by Gasteiger charge is -2.08. The van der Waals surface area contributed by atoms with Gasteiger partial charge < -0.3 is 10.5 Å². The van der Waals surface area contributed by atoms with Crippen LogP contribution in [0.5, 0.6) is 0 Å². The van der Waals surface area contributed by atoms with Crippen LogP contribution in [0.4, 0.5) is 0 Å².